The number of fused-ring (bicyclic) bond motifs is 12. The Kier molecular flexibility index (Phi) is 13.4. The van der Waals surface area contributed by atoms with E-state index >= 15 is 0 Å². The van der Waals surface area contributed by atoms with Crippen LogP contribution in [-0.2, 0) is 18.9 Å². The Bertz CT molecular complexity index is 3110. The van der Waals surface area contributed by atoms with Crippen LogP contribution in [0.3, 0.4) is 0 Å². The zero-order chi connectivity index (χ0) is 50.6. The van der Waals surface area contributed by atoms with Crippen molar-refractivity contribution in [2.45, 2.75) is 0 Å². The first-order valence-electron chi connectivity index (χ1n) is 25.7. The van der Waals surface area contributed by atoms with Gasteiger partial charge in [0.25, 0.3) is 0 Å². The molecule has 0 fully saturated rings. The van der Waals surface area contributed by atoms with Gasteiger partial charge < -0.3 is 66.8 Å². The largest absolute Gasteiger partial charge is 0.487 e. The maximum Gasteiger partial charge on any atom is 0.161 e. The van der Waals surface area contributed by atoms with Gasteiger partial charge >= 0.3 is 0 Å². The van der Waals surface area contributed by atoms with Gasteiger partial charge in [-0.25, -0.2) is 9.97 Å². The maximum absolute atomic E-state index is 6.32. The van der Waals surface area contributed by atoms with Crippen molar-refractivity contribution >= 4 is 46.4 Å². The summed E-state index contributed by atoms with van der Waals surface area (Å²) in [5.74, 6) is 5.01. The second-order valence-electron chi connectivity index (χ2n) is 18.4. The third-order valence-corrected chi connectivity index (χ3v) is 13.6. The maximum atomic E-state index is 6.32. The third-order valence-electron chi connectivity index (χ3n) is 13.6. The number of hydrogen-bond donors (Lipinski definition) is 2. The minimum absolute atomic E-state index is 0.373. The molecule has 3 aromatic heterocycles. The number of rotatable bonds is 4. The molecule has 0 atom stereocenters. The van der Waals surface area contributed by atoms with Gasteiger partial charge in [-0.3, -0.25) is 0 Å². The molecule has 386 valence electrons. The van der Waals surface area contributed by atoms with Crippen LogP contribution in [0.4, 0.5) is 0 Å². The topological polar surface area (TPSA) is 168 Å². The summed E-state index contributed by atoms with van der Waals surface area (Å²) in [5, 5.41) is 0. The fraction of sp³-hybridized carbons (Fsp3) is 0.267. The molecule has 7 aromatic rings. The van der Waals surface area contributed by atoms with Crippen molar-refractivity contribution in [3.05, 3.63) is 120 Å². The van der Waals surface area contributed by atoms with Crippen molar-refractivity contribution in [2.24, 2.45) is 0 Å². The molecule has 0 amide bonds. The summed E-state index contributed by atoms with van der Waals surface area (Å²) in [6, 6.07) is 32.5. The van der Waals surface area contributed by atoms with Crippen molar-refractivity contribution in [1.29, 1.82) is 0 Å². The molecule has 16 heteroatoms. The SMILES string of the molecule is C1=Cc2nc1c(-c1ccc3c(c1)OCCOCCO3)c1ccc([nH]1)c(-c1ccc3c(c1)OCCOCCO3)c1nc(c(-c3ccc4c(c3)OCCOCCO4)c3ccc([nH]3)c2-c2ccc3c(c2)OCCOCCO3)C=C1. The van der Waals surface area contributed by atoms with E-state index in [1.165, 1.54) is 0 Å². The minimum Gasteiger partial charge on any atom is -0.487 e. The monoisotopic (exact) mass is 1020 g/mol. The molecule has 0 saturated carbocycles. The Morgan fingerprint density at radius 3 is 0.711 bits per heavy atom. The van der Waals surface area contributed by atoms with Crippen molar-refractivity contribution < 1.29 is 56.8 Å². The summed E-state index contributed by atoms with van der Waals surface area (Å²) in [5.41, 5.74) is 13.0. The van der Waals surface area contributed by atoms with Crippen LogP contribution in [-0.4, -0.2) is 126 Å². The number of nitrogens with one attached hydrogen (secondary N) is 2. The summed E-state index contributed by atoms with van der Waals surface area (Å²) in [6.07, 6.45) is 8.25. The molecule has 9 heterocycles. The average Bonchev–Trinajstić information content (AvgIpc) is 4.33. The van der Waals surface area contributed by atoms with Gasteiger partial charge in [-0.1, -0.05) is 24.3 Å². The van der Waals surface area contributed by atoms with Gasteiger partial charge in [-0.05, 0) is 119 Å². The summed E-state index contributed by atoms with van der Waals surface area (Å²) >= 11 is 0. The number of aromatic amines is 2. The van der Waals surface area contributed by atoms with Crippen LogP contribution >= 0.6 is 0 Å². The lowest BCUT2D eigenvalue weighted by Gasteiger charge is -2.14. The van der Waals surface area contributed by atoms with Gasteiger partial charge in [0.2, 0.25) is 0 Å². The van der Waals surface area contributed by atoms with Crippen LogP contribution in [0.25, 0.3) is 90.9 Å². The molecule has 16 nitrogen and oxygen atoms in total. The Hall–Kier alpha value is -8.28. The molecule has 0 spiro atoms. The van der Waals surface area contributed by atoms with Crippen LogP contribution in [0, 0.1) is 0 Å². The number of H-pyrrole nitrogens is 2. The van der Waals surface area contributed by atoms with Gasteiger partial charge in [0.15, 0.2) is 46.0 Å². The smallest absolute Gasteiger partial charge is 0.161 e. The van der Waals surface area contributed by atoms with Crippen LogP contribution in [0.5, 0.6) is 46.0 Å². The fourth-order valence-corrected chi connectivity index (χ4v) is 10.1. The minimum atomic E-state index is 0.373. The quantitative estimate of drug-likeness (QED) is 0.171. The number of ether oxygens (including phenoxy) is 12. The first-order chi connectivity index (χ1) is 37.7. The second-order valence-corrected chi connectivity index (χ2v) is 18.4. The van der Waals surface area contributed by atoms with Crippen molar-refractivity contribution in [3.8, 4) is 90.5 Å². The molecule has 76 heavy (non-hydrogen) atoms. The van der Waals surface area contributed by atoms with Gasteiger partial charge in [-0.2, -0.15) is 0 Å². The number of nitrogens with zero attached hydrogens (tertiary/aromatic N) is 2. The summed E-state index contributed by atoms with van der Waals surface area (Å²) in [6.45, 7) is 6.76. The molecule has 0 saturated heterocycles. The fourth-order valence-electron chi connectivity index (χ4n) is 10.1. The summed E-state index contributed by atoms with van der Waals surface area (Å²) in [7, 11) is 0. The highest BCUT2D eigenvalue weighted by Gasteiger charge is 2.23. The lowest BCUT2D eigenvalue weighted by molar-refractivity contribution is 0.0877. The van der Waals surface area contributed by atoms with Gasteiger partial charge in [0, 0.05) is 44.3 Å². The Morgan fingerprint density at radius 2 is 0.474 bits per heavy atom. The first-order valence-corrected chi connectivity index (χ1v) is 25.7. The van der Waals surface area contributed by atoms with E-state index in [0.717, 1.165) is 89.4 Å². The molecule has 2 N–H and O–H groups in total. The lowest BCUT2D eigenvalue weighted by Crippen LogP contribution is -2.08. The molecular weight excluding hydrogens is 969 g/mol. The van der Waals surface area contributed by atoms with Crippen LogP contribution in [0.15, 0.2) is 97.1 Å². The van der Waals surface area contributed by atoms with Crippen molar-refractivity contribution in [3.63, 3.8) is 0 Å². The second kappa shape index (κ2) is 21.5. The Morgan fingerprint density at radius 1 is 0.250 bits per heavy atom. The van der Waals surface area contributed by atoms with Crippen LogP contribution < -0.4 is 37.9 Å². The van der Waals surface area contributed by atoms with Gasteiger partial charge in [0.05, 0.1) is 75.6 Å². The molecule has 6 aliphatic heterocycles. The van der Waals surface area contributed by atoms with E-state index in [1.54, 1.807) is 0 Å². The first kappa shape index (κ1) is 47.4. The average molecular weight is 1020 g/mol. The number of aromatic nitrogens is 4. The molecule has 4 aromatic carbocycles. The summed E-state index contributed by atoms with van der Waals surface area (Å²) < 4.78 is 72.7. The number of hydrogen-bond acceptors (Lipinski definition) is 14. The Labute approximate surface area is 437 Å². The highest BCUT2D eigenvalue weighted by Crippen LogP contribution is 2.44. The van der Waals surface area contributed by atoms with E-state index in [0.29, 0.717) is 152 Å². The van der Waals surface area contributed by atoms with Crippen molar-refractivity contribution in [1.82, 2.24) is 19.9 Å². The highest BCUT2D eigenvalue weighted by atomic mass is 16.6. The standard InChI is InChI=1S/C60H54N4O12/c1-13-49-53(73-29-21-65-17-25-69-49)33-37(1)57-41-5-7-43(61-41)58(38-2-14-50-54(34-38)74-30-22-66-18-26-70-50)45-9-11-47(63-45)60(40-4-16-52-56(36-40)76-32-24-68-20-28-72-52)48-12-10-46(64-48)59(44-8-6-42(57)62-44)39-3-15-51-55(35-39)75-31-23-67-19-27-71-51/h1-16,33-36,61,64H,17-32H2. The van der Waals surface area contributed by atoms with Crippen LogP contribution in [0.1, 0.15) is 22.8 Å². The number of benzene rings is 4. The predicted octanol–water partition coefficient (Wildman–Crippen LogP) is 10.5. The highest BCUT2D eigenvalue weighted by molar-refractivity contribution is 6.00. The molecule has 0 unspecified atom stereocenters. The molecule has 13 rings (SSSR count). The van der Waals surface area contributed by atoms with E-state index < -0.39 is 0 Å². The van der Waals surface area contributed by atoms with E-state index in [1.807, 2.05) is 72.8 Å². The predicted molar refractivity (Wildman–Crippen MR) is 288 cm³/mol. The van der Waals surface area contributed by atoms with E-state index in [-0.39, 0.29) is 0 Å². The van der Waals surface area contributed by atoms with E-state index in [9.17, 15) is 0 Å². The Balaban J connectivity index is 1.11. The summed E-state index contributed by atoms with van der Waals surface area (Å²) in [4.78, 5) is 18.8. The van der Waals surface area contributed by atoms with E-state index in [4.69, 9.17) is 66.8 Å². The molecule has 0 aliphatic carbocycles. The zero-order valence-electron chi connectivity index (χ0n) is 41.7. The molecule has 0 radical (unpaired) electrons. The van der Waals surface area contributed by atoms with Crippen LogP contribution in [0.2, 0.25) is 0 Å². The molecular formula is C60H54N4O12. The van der Waals surface area contributed by atoms with E-state index in [2.05, 4.69) is 58.5 Å². The third kappa shape index (κ3) is 9.79. The zero-order valence-corrected chi connectivity index (χ0v) is 41.7. The van der Waals surface area contributed by atoms with Gasteiger partial charge in [0.1, 0.15) is 52.9 Å². The van der Waals surface area contributed by atoms with Gasteiger partial charge in [-0.15, -0.1) is 0 Å². The lowest BCUT2D eigenvalue weighted by atomic mass is 10.0. The molecule has 6 aliphatic rings. The van der Waals surface area contributed by atoms with Crippen molar-refractivity contribution in [2.75, 3.05) is 106 Å². The molecule has 8 bridgehead atoms. The normalized spacial score (nSPS) is 16.6.